The molecule has 2 nitrogen and oxygen atoms in total. The molecule has 0 aliphatic heterocycles. The molecule has 0 heterocycles. The van der Waals surface area contributed by atoms with E-state index in [0.717, 1.165) is 10.0 Å². The number of benzene rings is 1. The van der Waals surface area contributed by atoms with Gasteiger partial charge in [0.25, 0.3) is 0 Å². The fraction of sp³-hybridized carbons (Fsp3) is 0.125. The Morgan fingerprint density at radius 2 is 1.83 bits per heavy atom. The second-order valence-electron chi connectivity index (χ2n) is 2.32. The first kappa shape index (κ1) is 9.74. The second-order valence-corrected chi connectivity index (χ2v) is 4.15. The number of halogens is 2. The van der Waals surface area contributed by atoms with Crippen LogP contribution < -0.4 is 5.73 Å². The normalized spacial score (nSPS) is 12.5. The second kappa shape index (κ2) is 4.05. The molecule has 2 N–H and O–H groups in total. The monoisotopic (exact) mass is 291 g/mol. The van der Waals surface area contributed by atoms with Gasteiger partial charge in [0.2, 0.25) is 5.91 Å². The number of hydrogen-bond donors (Lipinski definition) is 1. The number of carbonyl (C=O) groups excluding carboxylic acids is 1. The van der Waals surface area contributed by atoms with E-state index in [1.807, 2.05) is 24.3 Å². The van der Waals surface area contributed by atoms with Crippen LogP contribution in [-0.2, 0) is 4.79 Å². The minimum absolute atomic E-state index is 0.377. The van der Waals surface area contributed by atoms with Gasteiger partial charge in [-0.2, -0.15) is 0 Å². The highest BCUT2D eigenvalue weighted by Crippen LogP contribution is 2.23. The molecule has 0 aliphatic carbocycles. The lowest BCUT2D eigenvalue weighted by atomic mass is 10.1. The number of amides is 1. The average Bonchev–Trinajstić information content (AvgIpc) is 2.04. The standard InChI is InChI=1S/C8H7Br2NO/c9-6-3-1-5(2-4-6)7(10)8(11)12/h1-4,7H,(H2,11,12)/t7-/m0/s1. The molecule has 1 aromatic rings. The summed E-state index contributed by atoms with van der Waals surface area (Å²) in [6.07, 6.45) is 0. The van der Waals surface area contributed by atoms with Crippen molar-refractivity contribution in [3.05, 3.63) is 34.3 Å². The van der Waals surface area contributed by atoms with Gasteiger partial charge < -0.3 is 5.73 Å². The summed E-state index contributed by atoms with van der Waals surface area (Å²) < 4.78 is 0.982. The van der Waals surface area contributed by atoms with Crippen molar-refractivity contribution in [3.8, 4) is 0 Å². The molecule has 0 radical (unpaired) electrons. The van der Waals surface area contributed by atoms with E-state index >= 15 is 0 Å². The molecule has 0 saturated heterocycles. The minimum Gasteiger partial charge on any atom is -0.368 e. The highest BCUT2D eigenvalue weighted by molar-refractivity contribution is 9.10. The first-order chi connectivity index (χ1) is 5.61. The topological polar surface area (TPSA) is 43.1 Å². The number of alkyl halides is 1. The largest absolute Gasteiger partial charge is 0.368 e. The van der Waals surface area contributed by atoms with Crippen LogP contribution in [0.5, 0.6) is 0 Å². The van der Waals surface area contributed by atoms with Gasteiger partial charge in [0.05, 0.1) is 0 Å². The first-order valence-corrected chi connectivity index (χ1v) is 5.01. The Bertz CT molecular complexity index is 284. The average molecular weight is 293 g/mol. The molecule has 0 aliphatic rings. The van der Waals surface area contributed by atoms with E-state index in [-0.39, 0.29) is 5.91 Å². The molecule has 0 aromatic heterocycles. The van der Waals surface area contributed by atoms with Gasteiger partial charge in [-0.25, -0.2) is 0 Å². The third kappa shape index (κ3) is 2.32. The maximum atomic E-state index is 10.7. The van der Waals surface area contributed by atoms with E-state index < -0.39 is 4.83 Å². The van der Waals surface area contributed by atoms with Crippen LogP contribution in [0.2, 0.25) is 0 Å². The van der Waals surface area contributed by atoms with Gasteiger partial charge in [-0.1, -0.05) is 44.0 Å². The summed E-state index contributed by atoms with van der Waals surface area (Å²) in [5.41, 5.74) is 5.97. The Balaban J connectivity index is 2.89. The highest BCUT2D eigenvalue weighted by atomic mass is 79.9. The van der Waals surface area contributed by atoms with E-state index in [0.29, 0.717) is 0 Å². The van der Waals surface area contributed by atoms with E-state index in [9.17, 15) is 4.79 Å². The molecule has 1 amide bonds. The SMILES string of the molecule is NC(=O)[C@@H](Br)c1ccc(Br)cc1. The Kier molecular flexibility index (Phi) is 3.29. The first-order valence-electron chi connectivity index (χ1n) is 3.30. The number of carbonyl (C=O) groups is 1. The summed E-state index contributed by atoms with van der Waals surface area (Å²) >= 11 is 6.49. The number of primary amides is 1. The number of nitrogens with two attached hydrogens (primary N) is 1. The zero-order valence-electron chi connectivity index (χ0n) is 6.13. The summed E-state index contributed by atoms with van der Waals surface area (Å²) in [5, 5.41) is 0. The quantitative estimate of drug-likeness (QED) is 0.836. The van der Waals surface area contributed by atoms with Crippen LogP contribution in [0.1, 0.15) is 10.4 Å². The maximum absolute atomic E-state index is 10.7. The number of hydrogen-bond acceptors (Lipinski definition) is 1. The highest BCUT2D eigenvalue weighted by Gasteiger charge is 2.12. The molecule has 1 rings (SSSR count). The fourth-order valence-corrected chi connectivity index (χ4v) is 1.37. The van der Waals surface area contributed by atoms with Crippen LogP contribution in [-0.4, -0.2) is 5.91 Å². The predicted octanol–water partition coefficient (Wildman–Crippen LogP) is 2.37. The molecule has 0 saturated carbocycles. The van der Waals surface area contributed by atoms with Crippen molar-refractivity contribution >= 4 is 37.8 Å². The van der Waals surface area contributed by atoms with Gasteiger partial charge in [0.1, 0.15) is 4.83 Å². The summed E-state index contributed by atoms with van der Waals surface area (Å²) in [6.45, 7) is 0. The smallest absolute Gasteiger partial charge is 0.235 e. The van der Waals surface area contributed by atoms with Crippen molar-refractivity contribution in [1.82, 2.24) is 0 Å². The van der Waals surface area contributed by atoms with Crippen molar-refractivity contribution in [2.45, 2.75) is 4.83 Å². The molecule has 1 atom stereocenters. The fourth-order valence-electron chi connectivity index (χ4n) is 0.796. The molecule has 0 spiro atoms. The van der Waals surface area contributed by atoms with Crippen LogP contribution in [0.15, 0.2) is 28.7 Å². The molecule has 1 aromatic carbocycles. The Morgan fingerprint density at radius 3 is 2.25 bits per heavy atom. The van der Waals surface area contributed by atoms with Crippen LogP contribution >= 0.6 is 31.9 Å². The summed E-state index contributed by atoms with van der Waals surface area (Å²) in [4.78, 5) is 10.4. The third-order valence-electron chi connectivity index (χ3n) is 1.41. The van der Waals surface area contributed by atoms with E-state index in [1.54, 1.807) is 0 Å². The van der Waals surface area contributed by atoms with Gasteiger partial charge in [0, 0.05) is 4.47 Å². The van der Waals surface area contributed by atoms with E-state index in [4.69, 9.17) is 5.73 Å². The van der Waals surface area contributed by atoms with Crippen LogP contribution in [0, 0.1) is 0 Å². The third-order valence-corrected chi connectivity index (χ3v) is 2.92. The van der Waals surface area contributed by atoms with Crippen LogP contribution in [0.4, 0.5) is 0 Å². The van der Waals surface area contributed by atoms with Crippen molar-refractivity contribution < 1.29 is 4.79 Å². The van der Waals surface area contributed by atoms with Crippen molar-refractivity contribution in [1.29, 1.82) is 0 Å². The summed E-state index contributed by atoms with van der Waals surface area (Å²) in [6, 6.07) is 7.42. The lowest BCUT2D eigenvalue weighted by Crippen LogP contribution is -2.16. The lowest BCUT2D eigenvalue weighted by Gasteiger charge is -2.04. The minimum atomic E-state index is -0.398. The van der Waals surface area contributed by atoms with E-state index in [1.165, 1.54) is 0 Å². The molecule has 64 valence electrons. The van der Waals surface area contributed by atoms with Crippen molar-refractivity contribution in [2.24, 2.45) is 5.73 Å². The summed E-state index contributed by atoms with van der Waals surface area (Å²) in [7, 11) is 0. The molecular weight excluding hydrogens is 286 g/mol. The Labute approximate surface area is 87.4 Å². The molecule has 4 heteroatoms. The molecule has 0 fully saturated rings. The van der Waals surface area contributed by atoms with Gasteiger partial charge >= 0.3 is 0 Å². The zero-order valence-corrected chi connectivity index (χ0v) is 9.30. The number of rotatable bonds is 2. The maximum Gasteiger partial charge on any atom is 0.235 e. The Hall–Kier alpha value is -0.350. The molecule has 0 unspecified atom stereocenters. The van der Waals surface area contributed by atoms with E-state index in [2.05, 4.69) is 31.9 Å². The molecule has 12 heavy (non-hydrogen) atoms. The van der Waals surface area contributed by atoms with Gasteiger partial charge in [-0.3, -0.25) is 4.79 Å². The van der Waals surface area contributed by atoms with Gasteiger partial charge in [-0.05, 0) is 17.7 Å². The van der Waals surface area contributed by atoms with Gasteiger partial charge in [-0.15, -0.1) is 0 Å². The molecule has 0 bridgehead atoms. The van der Waals surface area contributed by atoms with Crippen LogP contribution in [0.25, 0.3) is 0 Å². The van der Waals surface area contributed by atoms with Crippen LogP contribution in [0.3, 0.4) is 0 Å². The predicted molar refractivity (Wildman–Crippen MR) is 55.0 cm³/mol. The van der Waals surface area contributed by atoms with Crippen molar-refractivity contribution in [2.75, 3.05) is 0 Å². The van der Waals surface area contributed by atoms with Gasteiger partial charge in [0.15, 0.2) is 0 Å². The molecular formula is C8H7Br2NO. The zero-order chi connectivity index (χ0) is 9.14. The van der Waals surface area contributed by atoms with Crippen molar-refractivity contribution in [3.63, 3.8) is 0 Å². The Morgan fingerprint density at radius 1 is 1.33 bits per heavy atom. The lowest BCUT2D eigenvalue weighted by molar-refractivity contribution is -0.117. The summed E-state index contributed by atoms with van der Waals surface area (Å²) in [5.74, 6) is -0.377.